The number of hydrogen-bond donors (Lipinski definition) is 1. The van der Waals surface area contributed by atoms with Gasteiger partial charge in [0.1, 0.15) is 0 Å². The lowest BCUT2D eigenvalue weighted by molar-refractivity contribution is -0.137. The lowest BCUT2D eigenvalue weighted by Gasteiger charge is -2.39. The highest BCUT2D eigenvalue weighted by molar-refractivity contribution is 5.83. The van der Waals surface area contributed by atoms with Crippen LogP contribution in [0, 0.1) is 17.3 Å². The molecule has 2 heteroatoms. The van der Waals surface area contributed by atoms with E-state index in [0.29, 0.717) is 11.8 Å². The largest absolute Gasteiger partial charge is 0.356 e. The maximum atomic E-state index is 12.1. The van der Waals surface area contributed by atoms with E-state index in [1.165, 1.54) is 0 Å². The summed E-state index contributed by atoms with van der Waals surface area (Å²) in [5.74, 6) is 0.991. The highest BCUT2D eigenvalue weighted by atomic mass is 16.2. The molecule has 0 saturated heterocycles. The number of hydrogen-bond acceptors (Lipinski definition) is 1. The Hall–Kier alpha value is -0.530. The van der Waals surface area contributed by atoms with Crippen molar-refractivity contribution in [2.24, 2.45) is 17.3 Å². The van der Waals surface area contributed by atoms with Crippen molar-refractivity contribution in [2.45, 2.75) is 48.0 Å². The first-order valence-corrected chi connectivity index (χ1v) is 5.71. The van der Waals surface area contributed by atoms with Crippen LogP contribution in [-0.2, 0) is 4.79 Å². The minimum absolute atomic E-state index is 0.198. The molecular formula is C12H25NO. The van der Waals surface area contributed by atoms with Crippen LogP contribution in [0.2, 0.25) is 0 Å². The lowest BCUT2D eigenvalue weighted by atomic mass is 9.66. The lowest BCUT2D eigenvalue weighted by Crippen LogP contribution is -2.47. The second-order valence-electron chi connectivity index (χ2n) is 4.56. The predicted molar refractivity (Wildman–Crippen MR) is 61.1 cm³/mol. The fourth-order valence-electron chi connectivity index (χ4n) is 2.49. The van der Waals surface area contributed by atoms with Gasteiger partial charge in [-0.05, 0) is 25.2 Å². The zero-order chi connectivity index (χ0) is 11.4. The second kappa shape index (κ2) is 5.38. The number of carbonyl (C=O) groups is 1. The van der Waals surface area contributed by atoms with Gasteiger partial charge >= 0.3 is 0 Å². The second-order valence-corrected chi connectivity index (χ2v) is 4.56. The van der Waals surface area contributed by atoms with E-state index in [9.17, 15) is 4.79 Å². The molecule has 1 N–H and O–H groups in total. The van der Waals surface area contributed by atoms with Crippen LogP contribution >= 0.6 is 0 Å². The standard InChI is InChI=1S/C12H25NO/c1-7-12(9(3)4,10(5)6)11(14)13-8-2/h9-10H,7-8H2,1-6H3,(H,13,14). The topological polar surface area (TPSA) is 29.1 Å². The highest BCUT2D eigenvalue weighted by Gasteiger charge is 2.42. The van der Waals surface area contributed by atoms with Crippen molar-refractivity contribution in [3.8, 4) is 0 Å². The molecule has 0 radical (unpaired) electrons. The van der Waals surface area contributed by atoms with Gasteiger partial charge in [-0.1, -0.05) is 34.6 Å². The summed E-state index contributed by atoms with van der Waals surface area (Å²) in [6.07, 6.45) is 0.911. The Balaban J connectivity index is 4.93. The third kappa shape index (κ3) is 2.28. The Morgan fingerprint density at radius 2 is 1.57 bits per heavy atom. The van der Waals surface area contributed by atoms with Crippen LogP contribution < -0.4 is 5.32 Å². The molecule has 1 amide bonds. The zero-order valence-corrected chi connectivity index (χ0v) is 10.5. The van der Waals surface area contributed by atoms with Crippen LogP contribution in [0.3, 0.4) is 0 Å². The van der Waals surface area contributed by atoms with Crippen LogP contribution in [0.1, 0.15) is 48.0 Å². The summed E-state index contributed by atoms with van der Waals surface area (Å²) in [5.41, 5.74) is -0.198. The number of carbonyl (C=O) groups excluding carboxylic acids is 1. The van der Waals surface area contributed by atoms with Gasteiger partial charge < -0.3 is 5.32 Å². The number of nitrogens with one attached hydrogen (secondary N) is 1. The Labute approximate surface area is 88.5 Å². The van der Waals surface area contributed by atoms with Gasteiger partial charge in [0.15, 0.2) is 0 Å². The summed E-state index contributed by atoms with van der Waals surface area (Å²) in [7, 11) is 0. The van der Waals surface area contributed by atoms with Crippen molar-refractivity contribution in [3.05, 3.63) is 0 Å². The molecule has 2 nitrogen and oxygen atoms in total. The van der Waals surface area contributed by atoms with E-state index in [0.717, 1.165) is 13.0 Å². The van der Waals surface area contributed by atoms with Crippen LogP contribution in [0.25, 0.3) is 0 Å². The fraction of sp³-hybridized carbons (Fsp3) is 0.917. The van der Waals surface area contributed by atoms with Crippen LogP contribution in [0.15, 0.2) is 0 Å². The van der Waals surface area contributed by atoms with E-state index in [1.54, 1.807) is 0 Å². The number of amides is 1. The summed E-state index contributed by atoms with van der Waals surface area (Å²) < 4.78 is 0. The highest BCUT2D eigenvalue weighted by Crippen LogP contribution is 2.39. The molecule has 0 aliphatic rings. The van der Waals surface area contributed by atoms with Crippen LogP contribution in [0.5, 0.6) is 0 Å². The first kappa shape index (κ1) is 13.5. The summed E-state index contributed by atoms with van der Waals surface area (Å²) in [4.78, 5) is 12.1. The average molecular weight is 199 g/mol. The summed E-state index contributed by atoms with van der Waals surface area (Å²) in [6.45, 7) is 13.4. The minimum Gasteiger partial charge on any atom is -0.356 e. The molecule has 14 heavy (non-hydrogen) atoms. The Morgan fingerprint density at radius 3 is 1.79 bits per heavy atom. The molecule has 0 aliphatic heterocycles. The van der Waals surface area contributed by atoms with Gasteiger partial charge in [-0.15, -0.1) is 0 Å². The van der Waals surface area contributed by atoms with Crippen LogP contribution in [-0.4, -0.2) is 12.5 Å². The van der Waals surface area contributed by atoms with Gasteiger partial charge in [-0.3, -0.25) is 4.79 Å². The van der Waals surface area contributed by atoms with Gasteiger partial charge in [-0.25, -0.2) is 0 Å². The molecule has 0 aromatic carbocycles. The van der Waals surface area contributed by atoms with Crippen molar-refractivity contribution in [1.29, 1.82) is 0 Å². The predicted octanol–water partition coefficient (Wildman–Crippen LogP) is 2.83. The SMILES string of the molecule is CCNC(=O)C(CC)(C(C)C)C(C)C. The molecule has 0 aliphatic carbocycles. The fourth-order valence-corrected chi connectivity index (χ4v) is 2.49. The third-order valence-corrected chi connectivity index (χ3v) is 3.41. The van der Waals surface area contributed by atoms with E-state index in [4.69, 9.17) is 0 Å². The van der Waals surface area contributed by atoms with Crippen LogP contribution in [0.4, 0.5) is 0 Å². The van der Waals surface area contributed by atoms with Gasteiger partial charge in [-0.2, -0.15) is 0 Å². The first-order chi connectivity index (χ1) is 6.43. The molecule has 0 atom stereocenters. The van der Waals surface area contributed by atoms with Gasteiger partial charge in [0.25, 0.3) is 0 Å². The molecular weight excluding hydrogens is 174 g/mol. The molecule has 0 spiro atoms. The molecule has 0 fully saturated rings. The van der Waals surface area contributed by atoms with Gasteiger partial charge in [0, 0.05) is 6.54 Å². The van der Waals surface area contributed by atoms with Gasteiger partial charge in [0.05, 0.1) is 5.41 Å². The Bertz CT molecular complexity index is 177. The Kier molecular flexibility index (Phi) is 5.17. The van der Waals surface area contributed by atoms with E-state index in [-0.39, 0.29) is 11.3 Å². The Morgan fingerprint density at radius 1 is 1.14 bits per heavy atom. The quantitative estimate of drug-likeness (QED) is 0.725. The summed E-state index contributed by atoms with van der Waals surface area (Å²) in [5, 5.41) is 2.96. The molecule has 0 bridgehead atoms. The van der Waals surface area contributed by atoms with Crippen molar-refractivity contribution in [2.75, 3.05) is 6.54 Å². The molecule has 0 aromatic heterocycles. The molecule has 0 unspecified atom stereocenters. The first-order valence-electron chi connectivity index (χ1n) is 5.71. The van der Waals surface area contributed by atoms with Crippen molar-refractivity contribution >= 4 is 5.91 Å². The van der Waals surface area contributed by atoms with Crippen molar-refractivity contribution in [3.63, 3.8) is 0 Å². The molecule has 0 heterocycles. The normalized spacial score (nSPS) is 12.3. The molecule has 0 aromatic rings. The van der Waals surface area contributed by atoms with E-state index in [2.05, 4.69) is 39.9 Å². The van der Waals surface area contributed by atoms with E-state index >= 15 is 0 Å². The number of rotatable bonds is 5. The summed E-state index contributed by atoms with van der Waals surface area (Å²) >= 11 is 0. The van der Waals surface area contributed by atoms with E-state index < -0.39 is 0 Å². The summed E-state index contributed by atoms with van der Waals surface area (Å²) in [6, 6.07) is 0. The van der Waals surface area contributed by atoms with Crippen molar-refractivity contribution < 1.29 is 4.79 Å². The minimum atomic E-state index is -0.198. The monoisotopic (exact) mass is 199 g/mol. The average Bonchev–Trinajstić information content (AvgIpc) is 2.05. The molecule has 0 rings (SSSR count). The maximum Gasteiger partial charge on any atom is 0.226 e. The maximum absolute atomic E-state index is 12.1. The third-order valence-electron chi connectivity index (χ3n) is 3.41. The van der Waals surface area contributed by atoms with Crippen molar-refractivity contribution in [1.82, 2.24) is 5.32 Å². The molecule has 0 saturated carbocycles. The smallest absolute Gasteiger partial charge is 0.226 e. The van der Waals surface area contributed by atoms with Gasteiger partial charge in [0.2, 0.25) is 5.91 Å². The zero-order valence-electron chi connectivity index (χ0n) is 10.5. The van der Waals surface area contributed by atoms with E-state index in [1.807, 2.05) is 6.92 Å². The molecule has 84 valence electrons.